The molecule has 1 aromatic rings. The van der Waals surface area contributed by atoms with Crippen LogP contribution in [0, 0.1) is 6.92 Å². The lowest BCUT2D eigenvalue weighted by Gasteiger charge is -2.12. The molecular formula is C13H21N. The molecule has 0 aliphatic rings. The zero-order valence-corrected chi connectivity index (χ0v) is 9.56. The summed E-state index contributed by atoms with van der Waals surface area (Å²) < 4.78 is 0. The predicted octanol–water partition coefficient (Wildman–Crippen LogP) is 3.48. The first-order chi connectivity index (χ1) is 6.70. The number of aryl methyl sites for hydroxylation is 2. The highest BCUT2D eigenvalue weighted by Crippen LogP contribution is 2.23. The van der Waals surface area contributed by atoms with Crippen molar-refractivity contribution in [3.63, 3.8) is 0 Å². The van der Waals surface area contributed by atoms with Crippen LogP contribution in [-0.2, 0) is 12.8 Å². The van der Waals surface area contributed by atoms with Crippen molar-refractivity contribution in [3.8, 4) is 0 Å². The quantitative estimate of drug-likeness (QED) is 0.724. The van der Waals surface area contributed by atoms with E-state index in [0.29, 0.717) is 0 Å². The Morgan fingerprint density at radius 3 is 2.29 bits per heavy atom. The van der Waals surface area contributed by atoms with E-state index in [1.807, 2.05) is 0 Å². The monoisotopic (exact) mass is 191 g/mol. The standard InChI is InChI=1S/C13H21N/c1-4-6-11-9-8-10(3)12(7-5-2)13(11)14/h8-9H,4-7,14H2,1-3H3. The molecule has 0 heterocycles. The van der Waals surface area contributed by atoms with E-state index in [0.717, 1.165) is 18.5 Å². The molecule has 0 aliphatic heterocycles. The van der Waals surface area contributed by atoms with Gasteiger partial charge in [-0.2, -0.15) is 0 Å². The lowest BCUT2D eigenvalue weighted by atomic mass is 9.96. The van der Waals surface area contributed by atoms with E-state index in [4.69, 9.17) is 5.73 Å². The van der Waals surface area contributed by atoms with Gasteiger partial charge < -0.3 is 5.73 Å². The summed E-state index contributed by atoms with van der Waals surface area (Å²) in [7, 11) is 0. The van der Waals surface area contributed by atoms with Gasteiger partial charge in [-0.25, -0.2) is 0 Å². The number of anilines is 1. The molecule has 0 bridgehead atoms. The summed E-state index contributed by atoms with van der Waals surface area (Å²) in [5, 5.41) is 0. The van der Waals surface area contributed by atoms with Gasteiger partial charge in [-0.05, 0) is 36.5 Å². The Morgan fingerprint density at radius 2 is 1.71 bits per heavy atom. The number of benzene rings is 1. The van der Waals surface area contributed by atoms with E-state index in [1.54, 1.807) is 0 Å². The number of nitrogens with two attached hydrogens (primary N) is 1. The summed E-state index contributed by atoms with van der Waals surface area (Å²) >= 11 is 0. The molecule has 0 unspecified atom stereocenters. The van der Waals surface area contributed by atoms with Crippen LogP contribution >= 0.6 is 0 Å². The van der Waals surface area contributed by atoms with Gasteiger partial charge in [0.15, 0.2) is 0 Å². The van der Waals surface area contributed by atoms with Gasteiger partial charge in [0.1, 0.15) is 0 Å². The molecule has 0 amide bonds. The van der Waals surface area contributed by atoms with Crippen LogP contribution in [0.5, 0.6) is 0 Å². The Labute approximate surface area is 87.3 Å². The molecule has 0 saturated carbocycles. The normalized spacial score (nSPS) is 10.5. The maximum atomic E-state index is 6.16. The maximum absolute atomic E-state index is 6.16. The van der Waals surface area contributed by atoms with Crippen LogP contribution in [0.25, 0.3) is 0 Å². The number of nitrogen functional groups attached to an aromatic ring is 1. The van der Waals surface area contributed by atoms with Crippen LogP contribution in [-0.4, -0.2) is 0 Å². The minimum atomic E-state index is 1.04. The SMILES string of the molecule is CCCc1ccc(C)c(CCC)c1N. The van der Waals surface area contributed by atoms with Crippen LogP contribution < -0.4 is 5.73 Å². The minimum Gasteiger partial charge on any atom is -0.398 e. The number of rotatable bonds is 4. The molecular weight excluding hydrogens is 170 g/mol. The second-order valence-electron chi connectivity index (χ2n) is 3.93. The van der Waals surface area contributed by atoms with Crippen molar-refractivity contribution in [2.24, 2.45) is 0 Å². The summed E-state index contributed by atoms with van der Waals surface area (Å²) in [6.07, 6.45) is 4.54. The number of hydrogen-bond acceptors (Lipinski definition) is 1. The molecule has 0 aliphatic carbocycles. The molecule has 0 atom stereocenters. The second-order valence-corrected chi connectivity index (χ2v) is 3.93. The third kappa shape index (κ3) is 2.28. The van der Waals surface area contributed by atoms with E-state index < -0.39 is 0 Å². The Balaban J connectivity index is 3.05. The lowest BCUT2D eigenvalue weighted by Crippen LogP contribution is -2.02. The lowest BCUT2D eigenvalue weighted by molar-refractivity contribution is 0.893. The fourth-order valence-corrected chi connectivity index (χ4v) is 1.89. The molecule has 0 fully saturated rings. The average molecular weight is 191 g/mol. The molecule has 14 heavy (non-hydrogen) atoms. The molecule has 1 nitrogen and oxygen atoms in total. The van der Waals surface area contributed by atoms with Crippen molar-refractivity contribution >= 4 is 5.69 Å². The Hall–Kier alpha value is -0.980. The van der Waals surface area contributed by atoms with Gasteiger partial charge in [0.25, 0.3) is 0 Å². The molecule has 0 saturated heterocycles. The van der Waals surface area contributed by atoms with Crippen LogP contribution in [0.15, 0.2) is 12.1 Å². The highest BCUT2D eigenvalue weighted by atomic mass is 14.6. The van der Waals surface area contributed by atoms with E-state index in [9.17, 15) is 0 Å². The highest BCUT2D eigenvalue weighted by Gasteiger charge is 2.06. The molecule has 1 rings (SSSR count). The first-order valence-electron chi connectivity index (χ1n) is 5.57. The van der Waals surface area contributed by atoms with Gasteiger partial charge in [0.2, 0.25) is 0 Å². The van der Waals surface area contributed by atoms with E-state index in [2.05, 4.69) is 32.9 Å². The summed E-state index contributed by atoms with van der Waals surface area (Å²) in [6.45, 7) is 6.54. The highest BCUT2D eigenvalue weighted by molar-refractivity contribution is 5.57. The smallest absolute Gasteiger partial charge is 0.0381 e. The van der Waals surface area contributed by atoms with Gasteiger partial charge in [0.05, 0.1) is 0 Å². The first kappa shape index (κ1) is 11.1. The molecule has 78 valence electrons. The van der Waals surface area contributed by atoms with Crippen LogP contribution in [0.4, 0.5) is 5.69 Å². The summed E-state index contributed by atoms with van der Waals surface area (Å²) in [4.78, 5) is 0. The van der Waals surface area contributed by atoms with Crippen molar-refractivity contribution in [2.45, 2.75) is 46.5 Å². The molecule has 1 heteroatoms. The fraction of sp³-hybridized carbons (Fsp3) is 0.538. The van der Waals surface area contributed by atoms with Gasteiger partial charge in [0, 0.05) is 5.69 Å². The zero-order chi connectivity index (χ0) is 10.6. The van der Waals surface area contributed by atoms with Crippen LogP contribution in [0.3, 0.4) is 0 Å². The molecule has 1 aromatic carbocycles. The van der Waals surface area contributed by atoms with Crippen molar-refractivity contribution in [1.82, 2.24) is 0 Å². The Bertz CT molecular complexity index is 302. The van der Waals surface area contributed by atoms with Gasteiger partial charge in [-0.3, -0.25) is 0 Å². The fourth-order valence-electron chi connectivity index (χ4n) is 1.89. The molecule has 0 radical (unpaired) electrons. The van der Waals surface area contributed by atoms with Crippen molar-refractivity contribution < 1.29 is 0 Å². The minimum absolute atomic E-state index is 1.04. The number of hydrogen-bond donors (Lipinski definition) is 1. The van der Waals surface area contributed by atoms with Crippen molar-refractivity contribution in [3.05, 3.63) is 28.8 Å². The third-order valence-corrected chi connectivity index (χ3v) is 2.70. The zero-order valence-electron chi connectivity index (χ0n) is 9.56. The van der Waals surface area contributed by atoms with E-state index >= 15 is 0 Å². The van der Waals surface area contributed by atoms with Crippen molar-refractivity contribution in [1.29, 1.82) is 0 Å². The Morgan fingerprint density at radius 1 is 1.07 bits per heavy atom. The largest absolute Gasteiger partial charge is 0.398 e. The third-order valence-electron chi connectivity index (χ3n) is 2.70. The summed E-state index contributed by atoms with van der Waals surface area (Å²) in [5.74, 6) is 0. The van der Waals surface area contributed by atoms with E-state index in [-0.39, 0.29) is 0 Å². The van der Waals surface area contributed by atoms with Gasteiger partial charge in [-0.15, -0.1) is 0 Å². The first-order valence-corrected chi connectivity index (χ1v) is 5.57. The second kappa shape index (κ2) is 5.04. The maximum Gasteiger partial charge on any atom is 0.0381 e. The van der Waals surface area contributed by atoms with Gasteiger partial charge in [-0.1, -0.05) is 38.8 Å². The molecule has 0 spiro atoms. The molecule has 2 N–H and O–H groups in total. The van der Waals surface area contributed by atoms with Crippen molar-refractivity contribution in [2.75, 3.05) is 5.73 Å². The van der Waals surface area contributed by atoms with E-state index in [1.165, 1.54) is 29.5 Å². The average Bonchev–Trinajstić information content (AvgIpc) is 2.17. The predicted molar refractivity (Wildman–Crippen MR) is 63.6 cm³/mol. The van der Waals surface area contributed by atoms with Crippen LogP contribution in [0.1, 0.15) is 43.4 Å². The summed E-state index contributed by atoms with van der Waals surface area (Å²) in [5.41, 5.74) is 11.2. The molecule has 0 aromatic heterocycles. The topological polar surface area (TPSA) is 26.0 Å². The van der Waals surface area contributed by atoms with Gasteiger partial charge >= 0.3 is 0 Å². The Kier molecular flexibility index (Phi) is 3.99. The summed E-state index contributed by atoms with van der Waals surface area (Å²) in [6, 6.07) is 4.37. The van der Waals surface area contributed by atoms with Crippen LogP contribution in [0.2, 0.25) is 0 Å².